The van der Waals surface area contributed by atoms with Crippen molar-refractivity contribution in [3.05, 3.63) is 67.5 Å². The van der Waals surface area contributed by atoms with Gasteiger partial charge in [0.1, 0.15) is 11.2 Å². The highest BCUT2D eigenvalue weighted by molar-refractivity contribution is 5.96. The molecule has 0 aromatic carbocycles. The number of carbonyl (C=O) groups excluding carboxylic acids is 1. The van der Waals surface area contributed by atoms with Gasteiger partial charge >= 0.3 is 0 Å². The number of rotatable bonds is 6. The Morgan fingerprint density at radius 3 is 2.65 bits per heavy atom. The van der Waals surface area contributed by atoms with Crippen molar-refractivity contribution in [3.63, 3.8) is 0 Å². The number of nitrogens with zero attached hydrogens (tertiary/aromatic N) is 6. The number of carbonyl (C=O) groups is 1. The molecule has 6 aromatic rings. The molecular weight excluding hydrogens is 466 g/mol. The predicted molar refractivity (Wildman–Crippen MR) is 141 cm³/mol. The first-order valence-corrected chi connectivity index (χ1v) is 11.9. The molecule has 10 heteroatoms. The van der Waals surface area contributed by atoms with Crippen LogP contribution in [0, 0.1) is 5.92 Å². The molecule has 10 nitrogen and oxygen atoms in total. The number of pyridine rings is 4. The maximum atomic E-state index is 12.2. The fourth-order valence-corrected chi connectivity index (χ4v) is 4.27. The fraction of sp³-hybridized carbons (Fsp3) is 0.148. The molecule has 0 atom stereocenters. The maximum Gasteiger partial charge on any atom is 0.224 e. The smallest absolute Gasteiger partial charge is 0.224 e. The van der Waals surface area contributed by atoms with Crippen molar-refractivity contribution in [2.75, 3.05) is 5.32 Å². The van der Waals surface area contributed by atoms with Gasteiger partial charge in [0, 0.05) is 59.7 Å². The minimum Gasteiger partial charge on any atom is -0.325 e. The summed E-state index contributed by atoms with van der Waals surface area (Å²) in [5.41, 5.74) is 6.86. The minimum atomic E-state index is -0.0382. The first-order chi connectivity index (χ1) is 18.0. The average Bonchev–Trinajstić information content (AvgIpc) is 3.52. The predicted octanol–water partition coefficient (Wildman–Crippen LogP) is 5.00. The molecule has 0 fully saturated rings. The molecule has 0 aliphatic rings. The van der Waals surface area contributed by atoms with Crippen LogP contribution >= 0.6 is 0 Å². The summed E-state index contributed by atoms with van der Waals surface area (Å²) >= 11 is 0. The summed E-state index contributed by atoms with van der Waals surface area (Å²) in [6, 6.07) is 9.68. The van der Waals surface area contributed by atoms with Crippen molar-refractivity contribution in [1.82, 2.24) is 40.1 Å². The topological polar surface area (TPSA) is 138 Å². The van der Waals surface area contributed by atoms with Crippen LogP contribution in [0.25, 0.3) is 56.0 Å². The lowest BCUT2D eigenvalue weighted by atomic mass is 10.1. The molecule has 182 valence electrons. The summed E-state index contributed by atoms with van der Waals surface area (Å²) in [5.74, 6) is 0.816. The first-order valence-electron chi connectivity index (χ1n) is 11.9. The van der Waals surface area contributed by atoms with Gasteiger partial charge in [-0.3, -0.25) is 19.9 Å². The third-order valence-corrected chi connectivity index (χ3v) is 5.95. The summed E-state index contributed by atoms with van der Waals surface area (Å²) < 4.78 is 0. The zero-order valence-corrected chi connectivity index (χ0v) is 20.2. The Hall–Kier alpha value is -4.99. The summed E-state index contributed by atoms with van der Waals surface area (Å²) in [7, 11) is 0. The number of hydrogen-bond donors (Lipinski definition) is 3. The van der Waals surface area contributed by atoms with E-state index in [1.54, 1.807) is 37.2 Å². The Balaban J connectivity index is 1.38. The summed E-state index contributed by atoms with van der Waals surface area (Å²) in [5, 5.41) is 11.2. The molecule has 0 saturated heterocycles. The number of imidazole rings is 1. The Bertz CT molecular complexity index is 1740. The van der Waals surface area contributed by atoms with E-state index in [9.17, 15) is 4.79 Å². The van der Waals surface area contributed by atoms with E-state index in [0.717, 1.165) is 33.2 Å². The van der Waals surface area contributed by atoms with Gasteiger partial charge in [-0.15, -0.1) is 0 Å². The monoisotopic (exact) mass is 489 g/mol. The largest absolute Gasteiger partial charge is 0.325 e. The number of fused-ring (bicyclic) bond motifs is 2. The van der Waals surface area contributed by atoms with Crippen LogP contribution in [0.2, 0.25) is 0 Å². The van der Waals surface area contributed by atoms with Crippen molar-refractivity contribution in [3.8, 4) is 33.8 Å². The van der Waals surface area contributed by atoms with Crippen molar-refractivity contribution in [2.24, 2.45) is 5.92 Å². The van der Waals surface area contributed by atoms with E-state index in [1.165, 1.54) is 0 Å². The van der Waals surface area contributed by atoms with Crippen LogP contribution in [0.4, 0.5) is 5.69 Å². The van der Waals surface area contributed by atoms with E-state index in [0.29, 0.717) is 34.9 Å². The minimum absolute atomic E-state index is 0.0382. The molecular formula is C27H23N9O. The zero-order chi connectivity index (χ0) is 25.4. The highest BCUT2D eigenvalue weighted by Gasteiger charge is 2.17. The molecule has 6 rings (SSSR count). The number of nitrogens with one attached hydrogen (secondary N) is 3. The van der Waals surface area contributed by atoms with Gasteiger partial charge in [0.2, 0.25) is 5.91 Å². The quantitative estimate of drug-likeness (QED) is 0.299. The lowest BCUT2D eigenvalue weighted by Gasteiger charge is -2.08. The van der Waals surface area contributed by atoms with Crippen LogP contribution in [-0.2, 0) is 4.79 Å². The second-order valence-corrected chi connectivity index (χ2v) is 9.18. The van der Waals surface area contributed by atoms with Gasteiger partial charge in [0.25, 0.3) is 0 Å². The Morgan fingerprint density at radius 1 is 0.946 bits per heavy atom. The molecule has 37 heavy (non-hydrogen) atoms. The number of aromatic amines is 2. The molecule has 0 radical (unpaired) electrons. The molecule has 6 aromatic heterocycles. The van der Waals surface area contributed by atoms with Gasteiger partial charge in [-0.05, 0) is 30.2 Å². The molecule has 3 N–H and O–H groups in total. The van der Waals surface area contributed by atoms with Gasteiger partial charge in [-0.25, -0.2) is 15.0 Å². The Labute approximate surface area is 211 Å². The van der Waals surface area contributed by atoms with Crippen LogP contribution in [0.3, 0.4) is 0 Å². The average molecular weight is 490 g/mol. The third kappa shape index (κ3) is 4.40. The molecule has 1 amide bonds. The molecule has 0 aliphatic heterocycles. The van der Waals surface area contributed by atoms with Gasteiger partial charge in [0.15, 0.2) is 17.1 Å². The molecule has 0 bridgehead atoms. The number of hydrogen-bond acceptors (Lipinski definition) is 7. The van der Waals surface area contributed by atoms with Crippen LogP contribution in [0.15, 0.2) is 67.5 Å². The van der Waals surface area contributed by atoms with Gasteiger partial charge < -0.3 is 10.3 Å². The maximum absolute atomic E-state index is 12.2. The molecule has 0 aliphatic carbocycles. The molecule has 0 unspecified atom stereocenters. The van der Waals surface area contributed by atoms with Crippen molar-refractivity contribution >= 4 is 33.8 Å². The SMILES string of the molecule is CC(C)CC(=O)Nc1cncc(-c2cnc3[nH]nc(-c4nc5c(-c6cccnc6)ccnc5[nH]4)c3c2)c1. The zero-order valence-electron chi connectivity index (χ0n) is 20.2. The van der Waals surface area contributed by atoms with E-state index in [-0.39, 0.29) is 11.8 Å². The summed E-state index contributed by atoms with van der Waals surface area (Å²) in [4.78, 5) is 37.9. The van der Waals surface area contributed by atoms with E-state index in [4.69, 9.17) is 4.98 Å². The van der Waals surface area contributed by atoms with Crippen LogP contribution in [0.5, 0.6) is 0 Å². The normalized spacial score (nSPS) is 11.4. The standard InChI is InChI=1S/C27H23N9O/c1-15(2)8-22(37)32-19-9-17(12-29-14-19)18-10-21-24(35-36-25(21)31-13-18)27-33-23-20(5-7-30-26(23)34-27)16-4-3-6-28-11-16/h3-7,9-15H,8H2,1-2H3,(H,32,37)(H,30,33,34)(H,31,35,36). The molecule has 0 spiro atoms. The van der Waals surface area contributed by atoms with E-state index in [1.807, 2.05) is 44.2 Å². The van der Waals surface area contributed by atoms with E-state index >= 15 is 0 Å². The third-order valence-electron chi connectivity index (χ3n) is 5.95. The van der Waals surface area contributed by atoms with E-state index in [2.05, 4.69) is 40.4 Å². The highest BCUT2D eigenvalue weighted by atomic mass is 16.1. The highest BCUT2D eigenvalue weighted by Crippen LogP contribution is 2.32. The Kier molecular flexibility index (Phi) is 5.61. The van der Waals surface area contributed by atoms with Crippen LogP contribution in [0.1, 0.15) is 20.3 Å². The Morgan fingerprint density at radius 2 is 1.81 bits per heavy atom. The lowest BCUT2D eigenvalue weighted by molar-refractivity contribution is -0.116. The summed E-state index contributed by atoms with van der Waals surface area (Å²) in [6.45, 7) is 4.02. The number of anilines is 1. The lowest BCUT2D eigenvalue weighted by Crippen LogP contribution is -2.13. The second-order valence-electron chi connectivity index (χ2n) is 9.18. The van der Waals surface area contributed by atoms with Crippen LogP contribution in [-0.4, -0.2) is 46.0 Å². The number of aromatic nitrogens is 8. The summed E-state index contributed by atoms with van der Waals surface area (Å²) in [6.07, 6.45) is 10.9. The second kappa shape index (κ2) is 9.23. The van der Waals surface area contributed by atoms with Crippen molar-refractivity contribution in [2.45, 2.75) is 20.3 Å². The first kappa shape index (κ1) is 22.5. The fourth-order valence-electron chi connectivity index (χ4n) is 4.27. The molecule has 0 saturated carbocycles. The van der Waals surface area contributed by atoms with Gasteiger partial charge in [0.05, 0.1) is 17.3 Å². The number of amides is 1. The van der Waals surface area contributed by atoms with Crippen molar-refractivity contribution in [1.29, 1.82) is 0 Å². The van der Waals surface area contributed by atoms with Gasteiger partial charge in [-0.2, -0.15) is 5.10 Å². The molecule has 6 heterocycles. The van der Waals surface area contributed by atoms with Crippen LogP contribution < -0.4 is 5.32 Å². The van der Waals surface area contributed by atoms with E-state index < -0.39 is 0 Å². The van der Waals surface area contributed by atoms with Gasteiger partial charge in [-0.1, -0.05) is 19.9 Å². The van der Waals surface area contributed by atoms with Crippen molar-refractivity contribution < 1.29 is 4.79 Å². The number of H-pyrrole nitrogens is 2.